The van der Waals surface area contributed by atoms with Gasteiger partial charge in [0, 0.05) is 5.39 Å². The summed E-state index contributed by atoms with van der Waals surface area (Å²) in [7, 11) is 2.03. The first-order valence-corrected chi connectivity index (χ1v) is 7.45. The van der Waals surface area contributed by atoms with Crippen LogP contribution in [0.1, 0.15) is 51.3 Å². The lowest BCUT2D eigenvalue weighted by Crippen LogP contribution is -2.24. The smallest absolute Gasteiger partial charge is 0.134 e. The van der Waals surface area contributed by atoms with E-state index < -0.39 is 0 Å². The third-order valence-corrected chi connectivity index (χ3v) is 3.99. The maximum absolute atomic E-state index is 6.02. The Labute approximate surface area is 116 Å². The van der Waals surface area contributed by atoms with Gasteiger partial charge in [-0.15, -0.1) is 0 Å². The molecule has 2 nitrogen and oxygen atoms in total. The van der Waals surface area contributed by atoms with E-state index in [1.807, 2.05) is 19.2 Å². The van der Waals surface area contributed by atoms with Gasteiger partial charge >= 0.3 is 0 Å². The molecule has 0 fully saturated rings. The number of hydrogen-bond acceptors (Lipinski definition) is 2. The molecule has 1 heterocycles. The Morgan fingerprint density at radius 3 is 2.63 bits per heavy atom. The van der Waals surface area contributed by atoms with E-state index in [0.717, 1.165) is 11.3 Å². The fraction of sp³-hybridized carbons (Fsp3) is 0.529. The molecule has 104 valence electrons. The molecule has 0 radical (unpaired) electrons. The average Bonchev–Trinajstić information content (AvgIpc) is 2.86. The van der Waals surface area contributed by atoms with Crippen molar-refractivity contribution in [1.82, 2.24) is 5.32 Å². The summed E-state index contributed by atoms with van der Waals surface area (Å²) in [5.74, 6) is 1.72. The summed E-state index contributed by atoms with van der Waals surface area (Å²) in [4.78, 5) is 0. The molecule has 2 rings (SSSR count). The van der Waals surface area contributed by atoms with Crippen LogP contribution < -0.4 is 5.32 Å². The topological polar surface area (TPSA) is 25.2 Å². The van der Waals surface area contributed by atoms with Crippen LogP contribution in [-0.4, -0.2) is 7.05 Å². The zero-order valence-corrected chi connectivity index (χ0v) is 12.3. The minimum Gasteiger partial charge on any atom is -0.459 e. The molecule has 0 saturated heterocycles. The van der Waals surface area contributed by atoms with E-state index in [4.69, 9.17) is 4.42 Å². The number of hydrogen-bond donors (Lipinski definition) is 1. The van der Waals surface area contributed by atoms with Crippen molar-refractivity contribution < 1.29 is 4.42 Å². The van der Waals surface area contributed by atoms with Gasteiger partial charge in [-0.05, 0) is 31.5 Å². The summed E-state index contributed by atoms with van der Waals surface area (Å²) in [6.45, 7) is 4.52. The van der Waals surface area contributed by atoms with Crippen LogP contribution in [0.25, 0.3) is 11.0 Å². The van der Waals surface area contributed by atoms with Gasteiger partial charge in [0.15, 0.2) is 0 Å². The summed E-state index contributed by atoms with van der Waals surface area (Å²) >= 11 is 0. The van der Waals surface area contributed by atoms with Crippen LogP contribution in [0.3, 0.4) is 0 Å². The van der Waals surface area contributed by atoms with Gasteiger partial charge in [-0.1, -0.05) is 51.3 Å². The second-order valence-electron chi connectivity index (χ2n) is 5.26. The highest BCUT2D eigenvalue weighted by molar-refractivity contribution is 5.77. The summed E-state index contributed by atoms with van der Waals surface area (Å²) < 4.78 is 6.02. The van der Waals surface area contributed by atoms with E-state index in [1.165, 1.54) is 31.1 Å². The predicted octanol–water partition coefficient (Wildman–Crippen LogP) is 4.91. The minimum absolute atomic E-state index is 0.323. The molecule has 0 saturated carbocycles. The quantitative estimate of drug-likeness (QED) is 0.764. The summed E-state index contributed by atoms with van der Waals surface area (Å²) in [6, 6.07) is 10.7. The van der Waals surface area contributed by atoms with Crippen LogP contribution in [0, 0.1) is 5.92 Å². The number of nitrogens with one attached hydrogen (secondary N) is 1. The molecule has 1 N–H and O–H groups in total. The van der Waals surface area contributed by atoms with Gasteiger partial charge in [0.05, 0.1) is 6.04 Å². The number of benzene rings is 1. The Balaban J connectivity index is 2.24. The maximum atomic E-state index is 6.02. The van der Waals surface area contributed by atoms with Gasteiger partial charge < -0.3 is 9.73 Å². The molecule has 2 unspecified atom stereocenters. The van der Waals surface area contributed by atoms with Crippen molar-refractivity contribution in [2.24, 2.45) is 5.92 Å². The normalized spacial score (nSPS) is 14.7. The highest BCUT2D eigenvalue weighted by atomic mass is 16.3. The highest BCUT2D eigenvalue weighted by Gasteiger charge is 2.23. The molecule has 1 aromatic heterocycles. The summed E-state index contributed by atoms with van der Waals surface area (Å²) in [5.41, 5.74) is 0.989. The van der Waals surface area contributed by atoms with Gasteiger partial charge in [-0.25, -0.2) is 0 Å². The molecule has 0 aliphatic heterocycles. The Kier molecular flexibility index (Phi) is 5.03. The molecule has 0 aliphatic rings. The summed E-state index contributed by atoms with van der Waals surface area (Å²) in [6.07, 6.45) is 4.99. The lowest BCUT2D eigenvalue weighted by molar-refractivity contribution is 0.301. The Bertz CT molecular complexity index is 470. The third-order valence-electron chi connectivity index (χ3n) is 3.99. The largest absolute Gasteiger partial charge is 0.459 e. The van der Waals surface area contributed by atoms with Crippen molar-refractivity contribution in [2.75, 3.05) is 7.05 Å². The number of para-hydroxylation sites is 1. The van der Waals surface area contributed by atoms with Crippen LogP contribution in [0.15, 0.2) is 34.7 Å². The van der Waals surface area contributed by atoms with Crippen molar-refractivity contribution in [1.29, 1.82) is 0 Å². The lowest BCUT2D eigenvalue weighted by atomic mass is 9.90. The molecular weight excluding hydrogens is 234 g/mol. The van der Waals surface area contributed by atoms with Crippen molar-refractivity contribution in [3.05, 3.63) is 36.1 Å². The van der Waals surface area contributed by atoms with Crippen LogP contribution in [-0.2, 0) is 0 Å². The van der Waals surface area contributed by atoms with E-state index in [9.17, 15) is 0 Å². The van der Waals surface area contributed by atoms with Gasteiger partial charge in [0.2, 0.25) is 0 Å². The van der Waals surface area contributed by atoms with Gasteiger partial charge in [0.1, 0.15) is 11.3 Å². The average molecular weight is 259 g/mol. The van der Waals surface area contributed by atoms with E-state index in [0.29, 0.717) is 12.0 Å². The molecule has 2 aromatic rings. The molecule has 0 bridgehead atoms. The van der Waals surface area contributed by atoms with Gasteiger partial charge in [-0.3, -0.25) is 0 Å². The zero-order valence-electron chi connectivity index (χ0n) is 12.3. The highest BCUT2D eigenvalue weighted by Crippen LogP contribution is 2.32. The SMILES string of the molecule is CCCCC(CC)C(NC)c1cc2ccccc2o1. The second-order valence-corrected chi connectivity index (χ2v) is 5.26. The summed E-state index contributed by atoms with van der Waals surface area (Å²) in [5, 5.41) is 4.64. The first-order chi connectivity index (χ1) is 9.30. The zero-order chi connectivity index (χ0) is 13.7. The van der Waals surface area contributed by atoms with Crippen molar-refractivity contribution in [3.8, 4) is 0 Å². The van der Waals surface area contributed by atoms with Crippen LogP contribution in [0.2, 0.25) is 0 Å². The van der Waals surface area contributed by atoms with Crippen LogP contribution in [0.5, 0.6) is 0 Å². The molecule has 0 aliphatic carbocycles. The van der Waals surface area contributed by atoms with E-state index in [-0.39, 0.29) is 0 Å². The molecule has 0 spiro atoms. The fourth-order valence-electron chi connectivity index (χ4n) is 2.84. The molecule has 2 atom stereocenters. The predicted molar refractivity (Wildman–Crippen MR) is 81.3 cm³/mol. The molecule has 2 heteroatoms. The second kappa shape index (κ2) is 6.76. The van der Waals surface area contributed by atoms with Crippen LogP contribution in [0.4, 0.5) is 0 Å². The van der Waals surface area contributed by atoms with Gasteiger partial charge in [-0.2, -0.15) is 0 Å². The van der Waals surface area contributed by atoms with E-state index in [1.54, 1.807) is 0 Å². The lowest BCUT2D eigenvalue weighted by Gasteiger charge is -2.24. The molecule has 19 heavy (non-hydrogen) atoms. The first kappa shape index (κ1) is 14.1. The van der Waals surface area contributed by atoms with E-state index >= 15 is 0 Å². The van der Waals surface area contributed by atoms with Crippen molar-refractivity contribution in [2.45, 2.75) is 45.6 Å². The number of furan rings is 1. The van der Waals surface area contributed by atoms with Crippen molar-refractivity contribution >= 4 is 11.0 Å². The fourth-order valence-corrected chi connectivity index (χ4v) is 2.84. The minimum atomic E-state index is 0.323. The third kappa shape index (κ3) is 3.19. The number of fused-ring (bicyclic) bond motifs is 1. The Hall–Kier alpha value is -1.28. The molecular formula is C17H25NO. The Morgan fingerprint density at radius 1 is 1.21 bits per heavy atom. The molecule has 1 aromatic carbocycles. The first-order valence-electron chi connectivity index (χ1n) is 7.45. The maximum Gasteiger partial charge on any atom is 0.134 e. The van der Waals surface area contributed by atoms with Crippen molar-refractivity contribution in [3.63, 3.8) is 0 Å². The monoisotopic (exact) mass is 259 g/mol. The standard InChI is InChI=1S/C17H25NO/c1-4-6-9-13(5-2)17(18-3)16-12-14-10-7-8-11-15(14)19-16/h7-8,10-13,17-18H,4-6,9H2,1-3H3. The van der Waals surface area contributed by atoms with Gasteiger partial charge in [0.25, 0.3) is 0 Å². The molecule has 0 amide bonds. The number of unbranched alkanes of at least 4 members (excludes halogenated alkanes) is 1. The Morgan fingerprint density at radius 2 is 2.00 bits per heavy atom. The number of rotatable bonds is 7. The van der Waals surface area contributed by atoms with E-state index in [2.05, 4.69) is 37.4 Å². The van der Waals surface area contributed by atoms with Crippen LogP contribution >= 0.6 is 0 Å².